The highest BCUT2D eigenvalue weighted by molar-refractivity contribution is 8.02. The highest BCUT2D eigenvalue weighted by Gasteiger charge is 2.23. The Balaban J connectivity index is 1.51. The summed E-state index contributed by atoms with van der Waals surface area (Å²) in [6, 6.07) is 8.40. The van der Waals surface area contributed by atoms with Gasteiger partial charge in [-0.05, 0) is 54.1 Å². The van der Waals surface area contributed by atoms with Gasteiger partial charge < -0.3 is 14.6 Å². The fourth-order valence-electron chi connectivity index (χ4n) is 2.84. The molecule has 0 amide bonds. The molecule has 0 aliphatic carbocycles. The fraction of sp³-hybridized carbons (Fsp3) is 0.235. The molecular formula is C17H15F2N3OS2. The molecule has 0 radical (unpaired) electrons. The predicted molar refractivity (Wildman–Crippen MR) is 100 cm³/mol. The summed E-state index contributed by atoms with van der Waals surface area (Å²) in [5, 5.41) is 2.01. The summed E-state index contributed by atoms with van der Waals surface area (Å²) in [5.74, 6) is -0.415. The van der Waals surface area contributed by atoms with Gasteiger partial charge in [-0.15, -0.1) is 11.3 Å². The first kappa shape index (κ1) is 16.4. The van der Waals surface area contributed by atoms with Crippen molar-refractivity contribution in [2.75, 3.05) is 22.7 Å². The molecule has 2 N–H and O–H groups in total. The second-order valence-electron chi connectivity index (χ2n) is 5.85. The SMILES string of the molecule is O=c1[nH]ccc2cc(F)c(NSc3ccc(N4CCC(F)C4)s3)cc12. The largest absolute Gasteiger partial charge is 0.360 e. The van der Waals surface area contributed by atoms with Crippen LogP contribution in [0.4, 0.5) is 19.5 Å². The van der Waals surface area contributed by atoms with Crippen LogP contribution in [0.1, 0.15) is 6.42 Å². The number of aromatic amines is 1. The van der Waals surface area contributed by atoms with E-state index in [9.17, 15) is 13.6 Å². The molecule has 1 aliphatic heterocycles. The topological polar surface area (TPSA) is 48.1 Å². The molecule has 1 unspecified atom stereocenters. The molecule has 1 aliphatic rings. The Bertz CT molecular complexity index is 972. The molecule has 3 heterocycles. The van der Waals surface area contributed by atoms with E-state index in [1.165, 1.54) is 41.6 Å². The second-order valence-corrected chi connectivity index (χ2v) is 8.02. The van der Waals surface area contributed by atoms with E-state index >= 15 is 0 Å². The van der Waals surface area contributed by atoms with Crippen LogP contribution in [0.25, 0.3) is 10.8 Å². The number of pyridine rings is 1. The van der Waals surface area contributed by atoms with Crippen molar-refractivity contribution in [2.24, 2.45) is 0 Å². The maximum atomic E-state index is 14.2. The van der Waals surface area contributed by atoms with Gasteiger partial charge in [-0.25, -0.2) is 8.78 Å². The van der Waals surface area contributed by atoms with Crippen LogP contribution in [0, 0.1) is 5.82 Å². The van der Waals surface area contributed by atoms with Gasteiger partial charge in [-0.1, -0.05) is 0 Å². The van der Waals surface area contributed by atoms with Crippen LogP contribution in [0.3, 0.4) is 0 Å². The number of aromatic nitrogens is 1. The van der Waals surface area contributed by atoms with E-state index in [1.807, 2.05) is 17.0 Å². The van der Waals surface area contributed by atoms with Crippen molar-refractivity contribution < 1.29 is 8.78 Å². The van der Waals surface area contributed by atoms with Crippen LogP contribution in [0.15, 0.2) is 45.5 Å². The van der Waals surface area contributed by atoms with Gasteiger partial charge in [-0.3, -0.25) is 4.79 Å². The summed E-state index contributed by atoms with van der Waals surface area (Å²) >= 11 is 2.81. The van der Waals surface area contributed by atoms with Crippen molar-refractivity contribution in [3.8, 4) is 0 Å². The lowest BCUT2D eigenvalue weighted by atomic mass is 10.1. The van der Waals surface area contributed by atoms with E-state index in [0.717, 1.165) is 15.8 Å². The van der Waals surface area contributed by atoms with E-state index < -0.39 is 12.0 Å². The van der Waals surface area contributed by atoms with Crippen molar-refractivity contribution in [1.29, 1.82) is 0 Å². The quantitative estimate of drug-likeness (QED) is 0.660. The Morgan fingerprint density at radius 2 is 2.20 bits per heavy atom. The normalized spacial score (nSPS) is 17.4. The molecule has 0 spiro atoms. The lowest BCUT2D eigenvalue weighted by Gasteiger charge is -2.14. The number of halogens is 2. The van der Waals surface area contributed by atoms with Crippen LogP contribution >= 0.6 is 23.3 Å². The number of benzene rings is 1. The van der Waals surface area contributed by atoms with Gasteiger partial charge in [-0.2, -0.15) is 0 Å². The van der Waals surface area contributed by atoms with Crippen molar-refractivity contribution in [3.63, 3.8) is 0 Å². The maximum absolute atomic E-state index is 14.2. The van der Waals surface area contributed by atoms with E-state index in [1.54, 1.807) is 6.07 Å². The van der Waals surface area contributed by atoms with E-state index in [-0.39, 0.29) is 11.2 Å². The minimum atomic E-state index is -0.763. The van der Waals surface area contributed by atoms with Crippen molar-refractivity contribution in [3.05, 3.63) is 52.7 Å². The minimum Gasteiger partial charge on any atom is -0.360 e. The van der Waals surface area contributed by atoms with Crippen LogP contribution in [0.5, 0.6) is 0 Å². The summed E-state index contributed by atoms with van der Waals surface area (Å²) in [6.45, 7) is 1.15. The molecule has 25 heavy (non-hydrogen) atoms. The average Bonchev–Trinajstić information content (AvgIpc) is 3.22. The highest BCUT2D eigenvalue weighted by Crippen LogP contribution is 2.36. The molecule has 8 heteroatoms. The molecule has 1 saturated heterocycles. The number of hydrogen-bond donors (Lipinski definition) is 2. The van der Waals surface area contributed by atoms with Crippen LogP contribution < -0.4 is 15.2 Å². The first-order chi connectivity index (χ1) is 12.1. The molecule has 1 fully saturated rings. The lowest BCUT2D eigenvalue weighted by Crippen LogP contribution is -2.18. The number of hydrogen-bond acceptors (Lipinski definition) is 5. The zero-order valence-electron chi connectivity index (χ0n) is 13.1. The van der Waals surface area contributed by atoms with Crippen molar-refractivity contribution in [1.82, 2.24) is 4.98 Å². The number of thiophene rings is 1. The van der Waals surface area contributed by atoms with Gasteiger partial charge in [0.2, 0.25) is 0 Å². The molecule has 4 nitrogen and oxygen atoms in total. The number of nitrogens with zero attached hydrogens (tertiary/aromatic N) is 1. The molecular weight excluding hydrogens is 364 g/mol. The molecule has 1 atom stereocenters. The molecule has 0 bridgehead atoms. The monoisotopic (exact) mass is 379 g/mol. The van der Waals surface area contributed by atoms with Crippen molar-refractivity contribution >= 4 is 44.7 Å². The number of nitrogens with one attached hydrogen (secondary N) is 2. The molecule has 4 rings (SSSR count). The van der Waals surface area contributed by atoms with Gasteiger partial charge in [0.25, 0.3) is 5.56 Å². The number of H-pyrrole nitrogens is 1. The summed E-state index contributed by atoms with van der Waals surface area (Å²) in [5.41, 5.74) is 0.00733. The van der Waals surface area contributed by atoms with E-state index in [4.69, 9.17) is 0 Å². The summed E-state index contributed by atoms with van der Waals surface area (Å²) in [7, 11) is 0. The van der Waals surface area contributed by atoms with Gasteiger partial charge in [0.1, 0.15) is 12.0 Å². The number of alkyl halides is 1. The Morgan fingerprint density at radius 1 is 1.32 bits per heavy atom. The van der Waals surface area contributed by atoms with Gasteiger partial charge in [0.05, 0.1) is 14.9 Å². The summed E-state index contributed by atoms with van der Waals surface area (Å²) in [4.78, 5) is 16.5. The third-order valence-electron chi connectivity index (χ3n) is 4.13. The average molecular weight is 379 g/mol. The predicted octanol–water partition coefficient (Wildman–Crippen LogP) is 4.40. The fourth-order valence-corrected chi connectivity index (χ4v) is 4.67. The summed E-state index contributed by atoms with van der Waals surface area (Å²) in [6.07, 6.45) is 1.30. The first-order valence-electron chi connectivity index (χ1n) is 7.83. The maximum Gasteiger partial charge on any atom is 0.255 e. The van der Waals surface area contributed by atoms with Crippen LogP contribution in [-0.2, 0) is 0 Å². The van der Waals surface area contributed by atoms with Crippen LogP contribution in [0.2, 0.25) is 0 Å². The van der Waals surface area contributed by atoms with E-state index in [0.29, 0.717) is 23.7 Å². The standard InChI is InChI=1S/C17H15F2N3OS2/c18-11-4-6-22(9-11)15-1-2-16(24-15)25-21-14-8-12-10(7-13(14)19)3-5-20-17(12)23/h1-3,5,7-8,11,21H,4,6,9H2,(H,20,23). The zero-order valence-corrected chi connectivity index (χ0v) is 14.7. The van der Waals surface area contributed by atoms with Crippen LogP contribution in [-0.4, -0.2) is 24.2 Å². The second kappa shape index (κ2) is 6.68. The molecule has 2 aromatic heterocycles. The number of rotatable bonds is 4. The smallest absolute Gasteiger partial charge is 0.255 e. The highest BCUT2D eigenvalue weighted by atomic mass is 32.2. The van der Waals surface area contributed by atoms with E-state index in [2.05, 4.69) is 9.71 Å². The first-order valence-corrected chi connectivity index (χ1v) is 9.46. The number of fused-ring (bicyclic) bond motifs is 1. The Morgan fingerprint density at radius 3 is 3.00 bits per heavy atom. The zero-order chi connectivity index (χ0) is 17.4. The minimum absolute atomic E-state index is 0.251. The molecule has 130 valence electrons. The van der Waals surface area contributed by atoms with Gasteiger partial charge in [0, 0.05) is 24.7 Å². The Kier molecular flexibility index (Phi) is 4.39. The molecule has 3 aromatic rings. The third kappa shape index (κ3) is 3.36. The lowest BCUT2D eigenvalue weighted by molar-refractivity contribution is 0.364. The third-order valence-corrected chi connectivity index (χ3v) is 6.23. The Labute approximate surface area is 151 Å². The van der Waals surface area contributed by atoms with Crippen molar-refractivity contribution in [2.45, 2.75) is 16.8 Å². The molecule has 1 aromatic carbocycles. The number of anilines is 2. The molecule has 0 saturated carbocycles. The van der Waals surface area contributed by atoms with Gasteiger partial charge in [0.15, 0.2) is 0 Å². The summed E-state index contributed by atoms with van der Waals surface area (Å²) < 4.78 is 31.4. The van der Waals surface area contributed by atoms with Gasteiger partial charge >= 0.3 is 0 Å². The Hall–Kier alpha value is -2.06.